The first kappa shape index (κ1) is 15.1. The predicted molar refractivity (Wildman–Crippen MR) is 98.0 cm³/mol. The average Bonchev–Trinajstić information content (AvgIpc) is 2.88. The van der Waals surface area contributed by atoms with Crippen molar-refractivity contribution in [2.45, 2.75) is 12.8 Å². The minimum atomic E-state index is 0.769. The molecule has 3 rings (SSSR count). The van der Waals surface area contributed by atoms with Gasteiger partial charge in [0, 0.05) is 16.9 Å². The molecule has 0 spiro atoms. The molecule has 2 nitrogen and oxygen atoms in total. The second-order valence-corrected chi connectivity index (χ2v) is 7.04. The van der Waals surface area contributed by atoms with E-state index in [2.05, 4.69) is 60.9 Å². The molecule has 0 radical (unpaired) electrons. The molecule has 0 amide bonds. The molecule has 1 aliphatic heterocycles. The van der Waals surface area contributed by atoms with Crippen LogP contribution in [0.5, 0.6) is 0 Å². The summed E-state index contributed by atoms with van der Waals surface area (Å²) >= 11 is 11.2. The molecule has 0 saturated heterocycles. The van der Waals surface area contributed by atoms with Crippen LogP contribution in [0.3, 0.4) is 0 Å². The van der Waals surface area contributed by atoms with E-state index in [4.69, 9.17) is 11.6 Å². The van der Waals surface area contributed by atoms with Crippen molar-refractivity contribution in [3.8, 4) is 0 Å². The Morgan fingerprint density at radius 1 is 0.952 bits per heavy atom. The Morgan fingerprint density at radius 3 is 2.38 bits per heavy atom. The van der Waals surface area contributed by atoms with Crippen LogP contribution >= 0.6 is 39.7 Å². The summed E-state index contributed by atoms with van der Waals surface area (Å²) in [5.74, 6) is 0. The van der Waals surface area contributed by atoms with Crippen molar-refractivity contribution in [1.29, 1.82) is 0 Å². The first-order valence-corrected chi connectivity index (χ1v) is 9.19. The topological polar surface area (TPSA) is 6.48 Å². The molecule has 0 aromatic heterocycles. The average molecular weight is 384 g/mol. The van der Waals surface area contributed by atoms with Crippen molar-refractivity contribution in [1.82, 2.24) is 0 Å². The Labute approximate surface area is 143 Å². The van der Waals surface area contributed by atoms with Crippen molar-refractivity contribution >= 4 is 56.7 Å². The van der Waals surface area contributed by atoms with Crippen molar-refractivity contribution in [3.63, 3.8) is 0 Å². The second kappa shape index (κ2) is 6.95. The zero-order chi connectivity index (χ0) is 14.7. The Kier molecular flexibility index (Phi) is 4.99. The normalized spacial score (nSPS) is 13.6. The summed E-state index contributed by atoms with van der Waals surface area (Å²) in [5, 5.41) is 1.83. The largest absolute Gasteiger partial charge is 0.296 e. The summed E-state index contributed by atoms with van der Waals surface area (Å²) in [5.41, 5.74) is 3.68. The number of fused-ring (bicyclic) bond motifs is 1. The summed E-state index contributed by atoms with van der Waals surface area (Å²) in [6, 6.07) is 16.5. The van der Waals surface area contributed by atoms with Crippen LogP contribution in [-0.4, -0.2) is 11.9 Å². The quantitative estimate of drug-likeness (QED) is 0.353. The van der Waals surface area contributed by atoms with Crippen LogP contribution in [0.15, 0.2) is 48.5 Å². The highest BCUT2D eigenvalue weighted by Gasteiger charge is 2.27. The van der Waals surface area contributed by atoms with E-state index in [1.54, 1.807) is 12.1 Å². The molecule has 0 bridgehead atoms. The number of hydrogen-bond donors (Lipinski definition) is 0. The molecular weight excluding hydrogens is 368 g/mol. The highest BCUT2D eigenvalue weighted by Crippen LogP contribution is 2.48. The van der Waals surface area contributed by atoms with Gasteiger partial charge in [-0.05, 0) is 49.2 Å². The van der Waals surface area contributed by atoms with Gasteiger partial charge in [0.25, 0.3) is 0 Å². The SMILES string of the molecule is Clc1ccc(N2SN(CCCCBr)c3ccccc32)cc1. The predicted octanol–water partition coefficient (Wildman–Crippen LogP) is 6.04. The Balaban J connectivity index is 1.85. The molecule has 21 heavy (non-hydrogen) atoms. The number of anilines is 3. The number of hydrogen-bond acceptors (Lipinski definition) is 3. The molecule has 0 aliphatic carbocycles. The molecule has 0 unspecified atom stereocenters. The Hall–Kier alpha value is -0.840. The summed E-state index contributed by atoms with van der Waals surface area (Å²) in [7, 11) is 0. The van der Waals surface area contributed by atoms with E-state index in [9.17, 15) is 0 Å². The van der Waals surface area contributed by atoms with Gasteiger partial charge in [-0.1, -0.05) is 39.7 Å². The fourth-order valence-corrected chi connectivity index (χ4v) is 3.94. The van der Waals surface area contributed by atoms with Gasteiger partial charge in [0.05, 0.1) is 29.2 Å². The van der Waals surface area contributed by atoms with Gasteiger partial charge in [-0.3, -0.25) is 8.61 Å². The smallest absolute Gasteiger partial charge is 0.0784 e. The monoisotopic (exact) mass is 382 g/mol. The van der Waals surface area contributed by atoms with Crippen LogP contribution in [0.4, 0.5) is 17.1 Å². The molecule has 1 heterocycles. The lowest BCUT2D eigenvalue weighted by Crippen LogP contribution is -2.15. The van der Waals surface area contributed by atoms with E-state index in [0.29, 0.717) is 0 Å². The molecule has 0 atom stereocenters. The first-order valence-electron chi connectivity index (χ1n) is 6.96. The third-order valence-electron chi connectivity index (χ3n) is 3.36. The van der Waals surface area contributed by atoms with E-state index in [1.165, 1.54) is 24.2 Å². The van der Waals surface area contributed by atoms with Crippen LogP contribution in [0, 0.1) is 0 Å². The summed E-state index contributed by atoms with van der Waals surface area (Å²) in [6.07, 6.45) is 2.38. The van der Waals surface area contributed by atoms with Gasteiger partial charge in [-0.25, -0.2) is 0 Å². The zero-order valence-corrected chi connectivity index (χ0v) is 14.7. The van der Waals surface area contributed by atoms with Crippen molar-refractivity contribution in [2.24, 2.45) is 0 Å². The minimum absolute atomic E-state index is 0.769. The maximum absolute atomic E-state index is 5.99. The zero-order valence-electron chi connectivity index (χ0n) is 11.5. The lowest BCUT2D eigenvalue weighted by Gasteiger charge is -2.19. The van der Waals surface area contributed by atoms with E-state index >= 15 is 0 Å². The Morgan fingerprint density at radius 2 is 1.67 bits per heavy atom. The van der Waals surface area contributed by atoms with Crippen molar-refractivity contribution in [3.05, 3.63) is 53.6 Å². The molecule has 2 aromatic carbocycles. The second-order valence-electron chi connectivity index (χ2n) is 4.84. The van der Waals surface area contributed by atoms with Crippen LogP contribution in [0.25, 0.3) is 0 Å². The molecule has 1 aliphatic rings. The molecule has 5 heteroatoms. The van der Waals surface area contributed by atoms with Gasteiger partial charge >= 0.3 is 0 Å². The summed E-state index contributed by atoms with van der Waals surface area (Å²) in [4.78, 5) is 0. The van der Waals surface area contributed by atoms with Crippen LogP contribution in [-0.2, 0) is 0 Å². The third-order valence-corrected chi connectivity index (χ3v) is 5.32. The van der Waals surface area contributed by atoms with Crippen LogP contribution in [0.1, 0.15) is 12.8 Å². The lowest BCUT2D eigenvalue weighted by atomic mass is 10.2. The van der Waals surface area contributed by atoms with Gasteiger partial charge in [0.2, 0.25) is 0 Å². The van der Waals surface area contributed by atoms with Crippen molar-refractivity contribution in [2.75, 3.05) is 20.5 Å². The highest BCUT2D eigenvalue weighted by molar-refractivity contribution is 9.09. The van der Waals surface area contributed by atoms with E-state index < -0.39 is 0 Å². The van der Waals surface area contributed by atoms with Gasteiger partial charge in [0.15, 0.2) is 0 Å². The number of benzene rings is 2. The third kappa shape index (κ3) is 3.33. The standard InChI is InChI=1S/C16H16BrClN2S/c17-11-3-4-12-19-15-5-1-2-6-16(15)20(21-19)14-9-7-13(18)8-10-14/h1-2,5-10H,3-4,11-12H2. The fourth-order valence-electron chi connectivity index (χ4n) is 2.31. The molecule has 2 aromatic rings. The highest BCUT2D eigenvalue weighted by atomic mass is 79.9. The minimum Gasteiger partial charge on any atom is -0.296 e. The van der Waals surface area contributed by atoms with Gasteiger partial charge in [0.1, 0.15) is 0 Å². The fraction of sp³-hybridized carbons (Fsp3) is 0.250. The van der Waals surface area contributed by atoms with Gasteiger partial charge in [-0.2, -0.15) is 0 Å². The Bertz CT molecular complexity index is 605. The number of nitrogens with zero attached hydrogens (tertiary/aromatic N) is 2. The maximum Gasteiger partial charge on any atom is 0.0784 e. The van der Waals surface area contributed by atoms with Gasteiger partial charge < -0.3 is 0 Å². The summed E-state index contributed by atoms with van der Waals surface area (Å²) < 4.78 is 4.63. The first-order chi connectivity index (χ1) is 10.3. The van der Waals surface area contributed by atoms with Gasteiger partial charge in [-0.15, -0.1) is 0 Å². The molecule has 0 saturated carbocycles. The van der Waals surface area contributed by atoms with Crippen molar-refractivity contribution < 1.29 is 0 Å². The summed E-state index contributed by atoms with van der Waals surface area (Å²) in [6.45, 7) is 1.05. The lowest BCUT2D eigenvalue weighted by molar-refractivity contribution is 0.822. The maximum atomic E-state index is 5.99. The molecule has 0 fully saturated rings. The van der Waals surface area contributed by atoms with E-state index in [1.807, 2.05) is 12.1 Å². The molecule has 0 N–H and O–H groups in total. The number of rotatable bonds is 5. The number of para-hydroxylation sites is 2. The van der Waals surface area contributed by atoms with Crippen LogP contribution < -0.4 is 8.61 Å². The number of alkyl halides is 1. The van der Waals surface area contributed by atoms with E-state index in [-0.39, 0.29) is 0 Å². The molecule has 110 valence electrons. The van der Waals surface area contributed by atoms with E-state index in [0.717, 1.165) is 22.6 Å². The molecular formula is C16H16BrClN2S. The number of unbranched alkanes of at least 4 members (excludes halogenated alkanes) is 1. The number of halogens is 2. The van der Waals surface area contributed by atoms with Crippen LogP contribution in [0.2, 0.25) is 5.02 Å².